The van der Waals surface area contributed by atoms with E-state index in [9.17, 15) is 35.4 Å². The number of fused-ring (bicyclic) bond motifs is 1. The SMILES string of the molecule is COC(=O)C1=CO[C@@H](O[C@@H]2O[C@H](CO)[C@@H](O)[C@H](O)[C@H]2O)C2C1[C@H](O)CC2(C)O. The van der Waals surface area contributed by atoms with Crippen molar-refractivity contribution in [3.8, 4) is 0 Å². The summed E-state index contributed by atoms with van der Waals surface area (Å²) in [7, 11) is 1.17. The van der Waals surface area contributed by atoms with Gasteiger partial charge in [-0.05, 0) is 6.92 Å². The van der Waals surface area contributed by atoms with E-state index >= 15 is 0 Å². The lowest BCUT2D eigenvalue weighted by molar-refractivity contribution is -0.346. The molecule has 1 saturated heterocycles. The van der Waals surface area contributed by atoms with E-state index in [-0.39, 0.29) is 12.0 Å². The van der Waals surface area contributed by atoms with Gasteiger partial charge in [-0.1, -0.05) is 0 Å². The molecule has 1 aliphatic carbocycles. The summed E-state index contributed by atoms with van der Waals surface area (Å²) in [5.74, 6) is -2.50. The smallest absolute Gasteiger partial charge is 0.337 e. The molecule has 0 aromatic carbocycles. The molecule has 0 amide bonds. The van der Waals surface area contributed by atoms with Crippen LogP contribution in [0.1, 0.15) is 13.3 Å². The topological polar surface area (TPSA) is 175 Å². The van der Waals surface area contributed by atoms with E-state index in [4.69, 9.17) is 18.9 Å². The number of methoxy groups -OCH3 is 1. The monoisotopic (exact) mass is 406 g/mol. The maximum Gasteiger partial charge on any atom is 0.337 e. The molecular weight excluding hydrogens is 380 g/mol. The second-order valence-corrected chi connectivity index (χ2v) is 7.58. The summed E-state index contributed by atoms with van der Waals surface area (Å²) >= 11 is 0. The Balaban J connectivity index is 1.86. The minimum atomic E-state index is -1.66. The Hall–Kier alpha value is -1.31. The van der Waals surface area contributed by atoms with Crippen molar-refractivity contribution in [2.75, 3.05) is 13.7 Å². The van der Waals surface area contributed by atoms with Gasteiger partial charge < -0.3 is 49.6 Å². The second kappa shape index (κ2) is 7.84. The number of esters is 1. The van der Waals surface area contributed by atoms with Crippen LogP contribution in [-0.4, -0.2) is 99.0 Å². The number of rotatable bonds is 4. The third-order valence-electron chi connectivity index (χ3n) is 5.66. The number of hydrogen-bond donors (Lipinski definition) is 6. The average Bonchev–Trinajstić information content (AvgIpc) is 2.91. The molecule has 2 fully saturated rings. The Morgan fingerprint density at radius 1 is 1.21 bits per heavy atom. The zero-order valence-corrected chi connectivity index (χ0v) is 15.4. The molecule has 0 bridgehead atoms. The van der Waals surface area contributed by atoms with Gasteiger partial charge in [0.1, 0.15) is 24.4 Å². The highest BCUT2D eigenvalue weighted by atomic mass is 16.8. The van der Waals surface area contributed by atoms with Gasteiger partial charge in [0.15, 0.2) is 6.29 Å². The molecule has 11 nitrogen and oxygen atoms in total. The third kappa shape index (κ3) is 3.53. The van der Waals surface area contributed by atoms with Gasteiger partial charge >= 0.3 is 5.97 Å². The summed E-state index contributed by atoms with van der Waals surface area (Å²) in [4.78, 5) is 12.0. The summed E-state index contributed by atoms with van der Waals surface area (Å²) in [6.45, 7) is 0.819. The van der Waals surface area contributed by atoms with Crippen LogP contribution >= 0.6 is 0 Å². The van der Waals surface area contributed by atoms with Crippen LogP contribution in [0.3, 0.4) is 0 Å². The van der Waals surface area contributed by atoms with Crippen molar-refractivity contribution in [2.24, 2.45) is 11.8 Å². The van der Waals surface area contributed by atoms with Crippen LogP contribution in [0.25, 0.3) is 0 Å². The van der Waals surface area contributed by atoms with Crippen LogP contribution in [0.15, 0.2) is 11.8 Å². The minimum Gasteiger partial charge on any atom is -0.471 e. The molecule has 0 spiro atoms. The molecule has 28 heavy (non-hydrogen) atoms. The van der Waals surface area contributed by atoms with Crippen LogP contribution in [0, 0.1) is 11.8 Å². The predicted octanol–water partition coefficient (Wildman–Crippen LogP) is -3.04. The molecule has 11 heteroatoms. The lowest BCUT2D eigenvalue weighted by atomic mass is 9.80. The van der Waals surface area contributed by atoms with Gasteiger partial charge in [-0.2, -0.15) is 0 Å². The number of aliphatic hydroxyl groups is 6. The first-order chi connectivity index (χ1) is 13.1. The number of carbonyl (C=O) groups excluding carboxylic acids is 1. The Morgan fingerprint density at radius 3 is 2.50 bits per heavy atom. The fourth-order valence-electron chi connectivity index (χ4n) is 4.21. The molecule has 3 aliphatic rings. The molecule has 0 radical (unpaired) electrons. The minimum absolute atomic E-state index is 0.0337. The Kier molecular flexibility index (Phi) is 5.99. The zero-order chi connectivity index (χ0) is 20.8. The molecule has 2 aliphatic heterocycles. The van der Waals surface area contributed by atoms with Gasteiger partial charge in [-0.15, -0.1) is 0 Å². The van der Waals surface area contributed by atoms with E-state index < -0.39 is 73.1 Å². The van der Waals surface area contributed by atoms with Crippen molar-refractivity contribution in [3.05, 3.63) is 11.8 Å². The highest BCUT2D eigenvalue weighted by Gasteiger charge is 2.59. The predicted molar refractivity (Wildman–Crippen MR) is 88.1 cm³/mol. The zero-order valence-electron chi connectivity index (χ0n) is 15.4. The molecule has 2 heterocycles. The summed E-state index contributed by atoms with van der Waals surface area (Å²) in [5.41, 5.74) is -1.46. The second-order valence-electron chi connectivity index (χ2n) is 7.58. The number of ether oxygens (including phenoxy) is 4. The maximum absolute atomic E-state index is 12.0. The highest BCUT2D eigenvalue weighted by molar-refractivity contribution is 5.89. The van der Waals surface area contributed by atoms with Gasteiger partial charge in [0, 0.05) is 12.3 Å². The van der Waals surface area contributed by atoms with E-state index in [1.807, 2.05) is 0 Å². The first-order valence-corrected chi connectivity index (χ1v) is 8.92. The summed E-state index contributed by atoms with van der Waals surface area (Å²) < 4.78 is 21.1. The van der Waals surface area contributed by atoms with Crippen molar-refractivity contribution < 1.29 is 54.4 Å². The van der Waals surface area contributed by atoms with E-state index in [1.165, 1.54) is 14.0 Å². The normalized spacial score (nSPS) is 48.4. The lowest BCUT2D eigenvalue weighted by Crippen LogP contribution is -2.60. The van der Waals surface area contributed by atoms with Crippen molar-refractivity contribution in [3.63, 3.8) is 0 Å². The van der Waals surface area contributed by atoms with Gasteiger partial charge in [0.05, 0.1) is 43.2 Å². The first-order valence-electron chi connectivity index (χ1n) is 8.92. The Labute approximate surface area is 160 Å². The lowest BCUT2D eigenvalue weighted by Gasteiger charge is -2.44. The molecular formula is C17H26O11. The standard InChI is InChI=1S/C17H26O11/c1-17(24)3-7(19)9-6(14(23)25-2)5-26-15(10(9)17)28-16-13(22)12(21)11(20)8(4-18)27-16/h5,7-13,15-16,18-22,24H,3-4H2,1-2H3/t7-,8-,9?,10?,11-,12+,13-,15+,16+,17?/m1/s1. The Bertz CT molecular complexity index is 618. The summed E-state index contributed by atoms with van der Waals surface area (Å²) in [6.07, 6.45) is -8.88. The highest BCUT2D eigenvalue weighted by Crippen LogP contribution is 2.49. The van der Waals surface area contributed by atoms with Gasteiger partial charge in [0.25, 0.3) is 0 Å². The molecule has 0 aromatic heterocycles. The van der Waals surface area contributed by atoms with Crippen molar-refractivity contribution in [1.82, 2.24) is 0 Å². The van der Waals surface area contributed by atoms with Crippen LogP contribution < -0.4 is 0 Å². The van der Waals surface area contributed by atoms with Gasteiger partial charge in [0.2, 0.25) is 6.29 Å². The number of hydrogen-bond acceptors (Lipinski definition) is 11. The number of aliphatic hydroxyl groups excluding tert-OH is 5. The summed E-state index contributed by atoms with van der Waals surface area (Å²) in [6, 6.07) is 0. The average molecular weight is 406 g/mol. The molecule has 10 atom stereocenters. The maximum atomic E-state index is 12.0. The van der Waals surface area contributed by atoms with E-state index in [0.717, 1.165) is 6.26 Å². The Morgan fingerprint density at radius 2 is 1.89 bits per heavy atom. The molecule has 3 rings (SSSR count). The molecule has 1 saturated carbocycles. The first kappa shape index (κ1) is 21.4. The quantitative estimate of drug-likeness (QED) is 0.262. The van der Waals surface area contributed by atoms with Crippen LogP contribution in [0.2, 0.25) is 0 Å². The fraction of sp³-hybridized carbons (Fsp3) is 0.824. The molecule has 3 unspecified atom stereocenters. The van der Waals surface area contributed by atoms with Crippen molar-refractivity contribution in [2.45, 2.75) is 62.0 Å². The van der Waals surface area contributed by atoms with E-state index in [1.54, 1.807) is 0 Å². The largest absolute Gasteiger partial charge is 0.471 e. The van der Waals surface area contributed by atoms with Crippen LogP contribution in [0.5, 0.6) is 0 Å². The molecule has 6 N–H and O–H groups in total. The van der Waals surface area contributed by atoms with Crippen LogP contribution in [-0.2, 0) is 23.7 Å². The van der Waals surface area contributed by atoms with Gasteiger partial charge in [-0.25, -0.2) is 4.79 Å². The van der Waals surface area contributed by atoms with Crippen molar-refractivity contribution >= 4 is 5.97 Å². The fourth-order valence-corrected chi connectivity index (χ4v) is 4.21. The summed E-state index contributed by atoms with van der Waals surface area (Å²) in [5, 5.41) is 60.4. The van der Waals surface area contributed by atoms with E-state index in [0.29, 0.717) is 0 Å². The van der Waals surface area contributed by atoms with E-state index in [2.05, 4.69) is 0 Å². The molecule has 0 aromatic rings. The van der Waals surface area contributed by atoms with Gasteiger partial charge in [-0.3, -0.25) is 0 Å². The molecule has 160 valence electrons. The number of carbonyl (C=O) groups is 1. The third-order valence-corrected chi connectivity index (χ3v) is 5.66. The van der Waals surface area contributed by atoms with Crippen LogP contribution in [0.4, 0.5) is 0 Å². The van der Waals surface area contributed by atoms with Crippen molar-refractivity contribution in [1.29, 1.82) is 0 Å².